The van der Waals surface area contributed by atoms with E-state index in [2.05, 4.69) is 20.7 Å². The lowest BCUT2D eigenvalue weighted by molar-refractivity contribution is -0.128. The SMILES string of the molecule is CC[C@H](C)[C@@H](C(=O)N[C@@H](Cc1ccccc1)[C@H](O)CN(Cc1ccc(-c2ccccn2)cc1)NC(=O)c1cccc(O)c1C)N1CCN(Cc2ccnc3ccccc23)C1=O. The zero-order valence-corrected chi connectivity index (χ0v) is 34.8. The van der Waals surface area contributed by atoms with Gasteiger partial charge in [-0.05, 0) is 72.4 Å². The molecule has 6 aromatic rings. The summed E-state index contributed by atoms with van der Waals surface area (Å²) in [6, 6.07) is 35.9. The molecule has 0 unspecified atom stereocenters. The average Bonchev–Trinajstić information content (AvgIpc) is 3.63. The number of aromatic nitrogens is 2. The second-order valence-corrected chi connectivity index (χ2v) is 15.8. The van der Waals surface area contributed by atoms with E-state index >= 15 is 0 Å². The van der Waals surface area contributed by atoms with E-state index in [0.717, 1.165) is 38.9 Å². The molecule has 4 amide bonds. The number of benzene rings is 4. The number of phenolic OH excluding ortho intramolecular Hbond substituents is 1. The van der Waals surface area contributed by atoms with E-state index in [1.807, 2.05) is 117 Å². The van der Waals surface area contributed by atoms with Gasteiger partial charge >= 0.3 is 6.03 Å². The minimum absolute atomic E-state index is 0.00342. The summed E-state index contributed by atoms with van der Waals surface area (Å²) in [4.78, 5) is 54.9. The topological polar surface area (TPSA) is 151 Å². The number of hydrogen-bond acceptors (Lipinski definition) is 8. The van der Waals surface area contributed by atoms with Crippen LogP contribution in [-0.2, 0) is 24.3 Å². The Kier molecular flexibility index (Phi) is 13.7. The Labute approximate surface area is 356 Å². The number of aliphatic hydroxyl groups is 1. The van der Waals surface area contributed by atoms with Crippen molar-refractivity contribution in [1.82, 2.24) is 35.5 Å². The normalized spacial score (nSPS) is 14.8. The van der Waals surface area contributed by atoms with Gasteiger partial charge in [0.25, 0.3) is 5.91 Å². The van der Waals surface area contributed by atoms with Gasteiger partial charge in [-0.15, -0.1) is 0 Å². The van der Waals surface area contributed by atoms with Gasteiger partial charge in [0.15, 0.2) is 0 Å². The molecule has 4 aromatic carbocycles. The fraction of sp³-hybridized carbons (Fsp3) is 0.286. The number of hydrazine groups is 1. The first kappa shape index (κ1) is 42.5. The Morgan fingerprint density at radius 1 is 0.836 bits per heavy atom. The van der Waals surface area contributed by atoms with E-state index in [-0.39, 0.29) is 42.3 Å². The number of hydrogen-bond donors (Lipinski definition) is 4. The molecule has 3 heterocycles. The maximum absolute atomic E-state index is 14.6. The fourth-order valence-electron chi connectivity index (χ4n) is 7.97. The minimum Gasteiger partial charge on any atom is -0.508 e. The van der Waals surface area contributed by atoms with Crippen LogP contribution in [0.2, 0.25) is 0 Å². The molecular formula is C49H53N7O5. The second kappa shape index (κ2) is 19.6. The van der Waals surface area contributed by atoms with Crippen molar-refractivity contribution in [3.8, 4) is 17.0 Å². The number of carbonyl (C=O) groups excluding carboxylic acids is 3. The zero-order valence-electron chi connectivity index (χ0n) is 34.8. The highest BCUT2D eigenvalue weighted by atomic mass is 16.3. The zero-order chi connectivity index (χ0) is 42.9. The minimum atomic E-state index is -1.18. The summed E-state index contributed by atoms with van der Waals surface area (Å²) in [6.07, 6.45) is 3.26. The van der Waals surface area contributed by atoms with Gasteiger partial charge in [0, 0.05) is 67.2 Å². The Morgan fingerprint density at radius 2 is 1.59 bits per heavy atom. The second-order valence-electron chi connectivity index (χ2n) is 15.8. The van der Waals surface area contributed by atoms with Gasteiger partial charge in [-0.3, -0.25) is 25.0 Å². The number of amides is 4. The van der Waals surface area contributed by atoms with E-state index in [9.17, 15) is 24.6 Å². The van der Waals surface area contributed by atoms with Crippen molar-refractivity contribution >= 4 is 28.7 Å². The molecule has 7 rings (SSSR count). The Morgan fingerprint density at radius 3 is 2.34 bits per heavy atom. The predicted molar refractivity (Wildman–Crippen MR) is 236 cm³/mol. The number of fused-ring (bicyclic) bond motifs is 1. The third-order valence-corrected chi connectivity index (χ3v) is 11.6. The summed E-state index contributed by atoms with van der Waals surface area (Å²) in [6.45, 7) is 7.02. The molecule has 1 aliphatic heterocycles. The standard InChI is InChI=1S/C49H53N7O5/c1-4-33(2)46(56-28-27-54(49(56)61)31-38-24-26-51-42-18-9-8-15-40(38)42)48(60)52-43(29-35-13-6-5-7-14-35)45(58)32-55(53-47(59)39-16-12-19-44(57)34(39)3)30-36-20-22-37(23-21-36)41-17-10-11-25-50-41/h5-26,33,43,45-46,57-58H,4,27-32H2,1-3H3,(H,52,60)(H,53,59)/t33-,43-,45+,46-/m0/s1. The van der Waals surface area contributed by atoms with Crippen molar-refractivity contribution in [3.63, 3.8) is 0 Å². The van der Waals surface area contributed by atoms with Crippen LogP contribution in [-0.4, -0.2) is 90.7 Å². The monoisotopic (exact) mass is 819 g/mol. The highest BCUT2D eigenvalue weighted by molar-refractivity contribution is 5.96. The Balaban J connectivity index is 1.13. The lowest BCUT2D eigenvalue weighted by Crippen LogP contribution is -2.58. The Hall–Kier alpha value is -6.63. The van der Waals surface area contributed by atoms with Gasteiger partial charge in [0.2, 0.25) is 5.91 Å². The lowest BCUT2D eigenvalue weighted by atomic mass is 9.95. The molecule has 0 bridgehead atoms. The van der Waals surface area contributed by atoms with Crippen LogP contribution < -0.4 is 10.7 Å². The lowest BCUT2D eigenvalue weighted by Gasteiger charge is -2.35. The van der Waals surface area contributed by atoms with Crippen molar-refractivity contribution in [2.75, 3.05) is 19.6 Å². The van der Waals surface area contributed by atoms with E-state index in [4.69, 9.17) is 0 Å². The summed E-state index contributed by atoms with van der Waals surface area (Å²) in [5.41, 5.74) is 9.04. The molecule has 0 radical (unpaired) electrons. The van der Waals surface area contributed by atoms with Gasteiger partial charge in [-0.2, -0.15) is 0 Å². The van der Waals surface area contributed by atoms with Gasteiger partial charge in [-0.25, -0.2) is 9.80 Å². The van der Waals surface area contributed by atoms with Crippen LogP contribution in [0.1, 0.15) is 52.9 Å². The maximum atomic E-state index is 14.6. The number of urea groups is 1. The summed E-state index contributed by atoms with van der Waals surface area (Å²) in [5, 5.41) is 28.4. The Bertz CT molecular complexity index is 2430. The van der Waals surface area contributed by atoms with Crippen LogP contribution >= 0.6 is 0 Å². The number of nitrogens with zero attached hydrogens (tertiary/aromatic N) is 5. The molecule has 0 saturated carbocycles. The third kappa shape index (κ3) is 10.2. The molecule has 1 fully saturated rings. The number of phenols is 1. The molecule has 12 heteroatoms. The molecule has 0 spiro atoms. The van der Waals surface area contributed by atoms with Gasteiger partial charge in [0.05, 0.1) is 23.4 Å². The molecule has 4 atom stereocenters. The summed E-state index contributed by atoms with van der Waals surface area (Å²) >= 11 is 0. The molecule has 61 heavy (non-hydrogen) atoms. The number of para-hydroxylation sites is 1. The first-order valence-corrected chi connectivity index (χ1v) is 20.8. The van der Waals surface area contributed by atoms with Crippen LogP contribution in [0.4, 0.5) is 4.79 Å². The number of nitrogens with one attached hydrogen (secondary N) is 2. The molecule has 314 valence electrons. The first-order valence-electron chi connectivity index (χ1n) is 20.8. The average molecular weight is 820 g/mol. The number of aliphatic hydroxyl groups excluding tert-OH is 1. The quantitative estimate of drug-likeness (QED) is 0.0727. The van der Waals surface area contributed by atoms with Gasteiger partial charge in [0.1, 0.15) is 11.8 Å². The summed E-state index contributed by atoms with van der Waals surface area (Å²) < 4.78 is 0. The molecule has 0 aliphatic carbocycles. The number of carbonyl (C=O) groups is 3. The largest absolute Gasteiger partial charge is 0.508 e. The number of aromatic hydroxyl groups is 1. The van der Waals surface area contributed by atoms with Crippen molar-refractivity contribution < 1.29 is 24.6 Å². The highest BCUT2D eigenvalue weighted by Crippen LogP contribution is 2.26. The van der Waals surface area contributed by atoms with Crippen LogP contribution in [0.25, 0.3) is 22.2 Å². The van der Waals surface area contributed by atoms with Crippen molar-refractivity contribution in [1.29, 1.82) is 0 Å². The molecule has 4 N–H and O–H groups in total. The predicted octanol–water partition coefficient (Wildman–Crippen LogP) is 6.90. The third-order valence-electron chi connectivity index (χ3n) is 11.6. The summed E-state index contributed by atoms with van der Waals surface area (Å²) in [7, 11) is 0. The summed E-state index contributed by atoms with van der Waals surface area (Å²) in [5.74, 6) is -0.995. The molecule has 1 aliphatic rings. The number of rotatable bonds is 17. The molecule has 12 nitrogen and oxygen atoms in total. The number of pyridine rings is 2. The van der Waals surface area contributed by atoms with Crippen molar-refractivity contribution in [3.05, 3.63) is 162 Å². The molecule has 2 aromatic heterocycles. The van der Waals surface area contributed by atoms with E-state index in [0.29, 0.717) is 38.0 Å². The highest BCUT2D eigenvalue weighted by Gasteiger charge is 2.41. The molecular weight excluding hydrogens is 767 g/mol. The van der Waals surface area contributed by atoms with Crippen LogP contribution in [0.15, 0.2) is 134 Å². The van der Waals surface area contributed by atoms with Crippen molar-refractivity contribution in [2.45, 2.75) is 64.9 Å². The first-order chi connectivity index (χ1) is 29.6. The van der Waals surface area contributed by atoms with Crippen molar-refractivity contribution in [2.24, 2.45) is 5.92 Å². The van der Waals surface area contributed by atoms with Crippen LogP contribution in [0.3, 0.4) is 0 Å². The van der Waals surface area contributed by atoms with Crippen LogP contribution in [0, 0.1) is 12.8 Å². The fourth-order valence-corrected chi connectivity index (χ4v) is 7.97. The smallest absolute Gasteiger partial charge is 0.321 e. The maximum Gasteiger partial charge on any atom is 0.321 e. The van der Waals surface area contributed by atoms with E-state index < -0.39 is 24.1 Å². The molecule has 1 saturated heterocycles. The van der Waals surface area contributed by atoms with Gasteiger partial charge in [-0.1, -0.05) is 105 Å². The van der Waals surface area contributed by atoms with E-state index in [1.54, 1.807) is 46.3 Å². The van der Waals surface area contributed by atoms with Gasteiger partial charge < -0.3 is 25.3 Å². The van der Waals surface area contributed by atoms with E-state index in [1.165, 1.54) is 6.07 Å². The van der Waals surface area contributed by atoms with Crippen LogP contribution in [0.5, 0.6) is 5.75 Å².